The topological polar surface area (TPSA) is 346 Å². The first-order chi connectivity index (χ1) is 65.2. The number of phenols is 3. The third-order valence-corrected chi connectivity index (χ3v) is 27.0. The number of rotatable bonds is 15. The van der Waals surface area contributed by atoms with Gasteiger partial charge in [-0.2, -0.15) is 15.8 Å². The van der Waals surface area contributed by atoms with Crippen molar-refractivity contribution in [1.29, 1.82) is 15.8 Å². The van der Waals surface area contributed by atoms with Crippen molar-refractivity contribution in [2.45, 2.75) is 119 Å². The van der Waals surface area contributed by atoms with Crippen molar-refractivity contribution in [3.05, 3.63) is 255 Å². The number of fused-ring (bicyclic) bond motifs is 3. The molecule has 0 radical (unpaired) electrons. The quantitative estimate of drug-likeness (QED) is 0.0371. The molecule has 0 spiro atoms. The predicted octanol–water partition coefficient (Wildman–Crippen LogP) is 20.8. The molecule has 3 saturated heterocycles. The Kier molecular flexibility index (Phi) is 30.3. The molecule has 27 nitrogen and oxygen atoms in total. The van der Waals surface area contributed by atoms with E-state index in [2.05, 4.69) is 67.8 Å². The zero-order valence-corrected chi connectivity index (χ0v) is 82.2. The predicted molar refractivity (Wildman–Crippen MR) is 523 cm³/mol. The number of piperazine rings is 3. The van der Waals surface area contributed by atoms with Crippen molar-refractivity contribution in [3.63, 3.8) is 0 Å². The summed E-state index contributed by atoms with van der Waals surface area (Å²) in [6, 6.07) is 14.4. The first-order valence-corrected chi connectivity index (χ1v) is 45.8. The summed E-state index contributed by atoms with van der Waals surface area (Å²) in [7, 11) is 0. The summed E-state index contributed by atoms with van der Waals surface area (Å²) in [4.78, 5) is 118. The first-order valence-electron chi connectivity index (χ1n) is 42.4. The lowest BCUT2D eigenvalue weighted by molar-refractivity contribution is -0.129. The van der Waals surface area contributed by atoms with Gasteiger partial charge in [0.05, 0.1) is 115 Å². The van der Waals surface area contributed by atoms with Crippen LogP contribution >= 0.6 is 104 Å². The lowest BCUT2D eigenvalue weighted by atomic mass is 10.0. The van der Waals surface area contributed by atoms with E-state index in [1.54, 1.807) is 87.0 Å². The normalized spacial score (nSPS) is 15.0. The molecule has 15 rings (SSSR count). The number of nitriles is 3. The van der Waals surface area contributed by atoms with Crippen molar-refractivity contribution in [1.82, 2.24) is 58.3 Å². The molecule has 138 heavy (non-hydrogen) atoms. The highest BCUT2D eigenvalue weighted by molar-refractivity contribution is 6.42. The molecule has 3 aromatic carbocycles. The van der Waals surface area contributed by atoms with Crippen LogP contribution in [0.2, 0.25) is 45.2 Å². The molecule has 3 fully saturated rings. The molecule has 0 bridgehead atoms. The molecule has 9 aromatic heterocycles. The minimum atomic E-state index is -1.57. The van der Waals surface area contributed by atoms with Crippen molar-refractivity contribution >= 4 is 172 Å². The molecule has 42 heteroatoms. The summed E-state index contributed by atoms with van der Waals surface area (Å²) in [5.74, 6) is -13.3. The number of amides is 3. The number of carbonyl (C=O) groups excluding carboxylic acids is 3. The van der Waals surface area contributed by atoms with Crippen molar-refractivity contribution in [2.75, 3.05) is 73.6 Å². The Balaban J connectivity index is 0.000000175. The molecular formula is C96H81Cl9F6N18O9. The zero-order valence-electron chi connectivity index (χ0n) is 75.4. The Morgan fingerprint density at radius 3 is 0.833 bits per heavy atom. The maximum absolute atomic E-state index is 15.4. The van der Waals surface area contributed by atoms with E-state index in [1.807, 2.05) is 62.3 Å². The van der Waals surface area contributed by atoms with Gasteiger partial charge in [-0.1, -0.05) is 166 Å². The molecule has 0 unspecified atom stereocenters. The van der Waals surface area contributed by atoms with Gasteiger partial charge in [0.1, 0.15) is 66.9 Å². The van der Waals surface area contributed by atoms with Crippen LogP contribution in [0.5, 0.6) is 17.2 Å². The highest BCUT2D eigenvalue weighted by Crippen LogP contribution is 2.52. The number of aryl methyl sites for hydroxylation is 3. The second-order valence-corrected chi connectivity index (χ2v) is 37.1. The molecule has 0 saturated carbocycles. The Morgan fingerprint density at radius 2 is 0.630 bits per heavy atom. The fraction of sp³-hybridized carbons (Fsp3) is 0.281. The van der Waals surface area contributed by atoms with Crippen LogP contribution < -0.4 is 31.4 Å². The van der Waals surface area contributed by atoms with Crippen LogP contribution in [0, 0.1) is 89.7 Å². The zero-order chi connectivity index (χ0) is 101. The van der Waals surface area contributed by atoms with E-state index in [1.165, 1.54) is 50.1 Å². The monoisotopic (exact) mass is 2060 g/mol. The molecule has 3 amide bonds. The van der Waals surface area contributed by atoms with Crippen molar-refractivity contribution in [3.8, 4) is 86.3 Å². The number of phenolic OH excluding ortho intramolecular Hbond substituents is 3. The highest BCUT2D eigenvalue weighted by atomic mass is 35.5. The first kappa shape index (κ1) is 103. The SMILES string of the molecule is C=CC(=O)N1CCN(c2c(C#N)c(=O)n(-c3c(C)ccnc3C(C)C)c3nc(-c4c(F)c(F)c(Cl)c(O)c4Cl)c(Cl)cc23)C[C@H]1C.C=CC(=O)N1CCN(c2c(C#N)c(=O)n(-c3c(C)ccnc3C(C)C)c3nc(-c4c(F)c(F)c(Cl)c(O)c4Cl)c(Cl)cc23)C[C@H]1C.C=CC(=O)N1CCN(c2c(C#N)c(=O)n(-c3c(C)ccnc3C(C)C)c3nc(-c4c(F)c(F)c(Cl)c(O)c4Cl)c(Cl)cc23)C[C@H]1C. The van der Waals surface area contributed by atoms with E-state index < -0.39 is 116 Å². The summed E-state index contributed by atoms with van der Waals surface area (Å²) in [5.41, 5.74) is -1.08. The van der Waals surface area contributed by atoms with Crippen LogP contribution in [-0.2, 0) is 14.4 Å². The number of aromatic hydroxyl groups is 3. The fourth-order valence-electron chi connectivity index (χ4n) is 17.4. The molecule has 12 heterocycles. The Morgan fingerprint density at radius 1 is 0.399 bits per heavy atom. The second kappa shape index (κ2) is 40.8. The number of halogens is 15. The van der Waals surface area contributed by atoms with Crippen LogP contribution in [0.3, 0.4) is 0 Å². The van der Waals surface area contributed by atoms with E-state index in [9.17, 15) is 73.0 Å². The van der Waals surface area contributed by atoms with E-state index in [0.29, 0.717) is 50.8 Å². The minimum absolute atomic E-state index is 0.0565. The van der Waals surface area contributed by atoms with Crippen LogP contribution in [0.1, 0.15) is 131 Å². The van der Waals surface area contributed by atoms with Gasteiger partial charge in [-0.3, -0.25) is 57.4 Å². The molecule has 3 aliphatic heterocycles. The number of nitrogens with zero attached hydrogens (tertiary/aromatic N) is 18. The van der Waals surface area contributed by atoms with E-state index in [4.69, 9.17) is 104 Å². The molecule has 3 atom stereocenters. The summed E-state index contributed by atoms with van der Waals surface area (Å²) in [6.45, 7) is 35.0. The van der Waals surface area contributed by atoms with Gasteiger partial charge in [-0.25, -0.2) is 41.3 Å². The second-order valence-electron chi connectivity index (χ2n) is 33.6. The van der Waals surface area contributed by atoms with E-state index >= 15 is 13.2 Å². The smallest absolute Gasteiger partial charge is 0.276 e. The van der Waals surface area contributed by atoms with E-state index in [-0.39, 0.29) is 212 Å². The summed E-state index contributed by atoms with van der Waals surface area (Å²) in [5, 5.41) is 57.8. The number of hydrogen-bond donors (Lipinski definition) is 3. The average Bonchev–Trinajstić information content (AvgIpc) is 0.726. The number of aromatic nitrogens is 9. The fourth-order valence-corrected chi connectivity index (χ4v) is 19.6. The van der Waals surface area contributed by atoms with Gasteiger partial charge in [0.2, 0.25) is 17.7 Å². The summed E-state index contributed by atoms with van der Waals surface area (Å²) >= 11 is 56.2. The highest BCUT2D eigenvalue weighted by Gasteiger charge is 2.40. The van der Waals surface area contributed by atoms with Gasteiger partial charge in [-0.15, -0.1) is 0 Å². The number of benzene rings is 3. The van der Waals surface area contributed by atoms with Crippen molar-refractivity contribution in [2.24, 2.45) is 0 Å². The van der Waals surface area contributed by atoms with Gasteiger partial charge in [0, 0.05) is 112 Å². The minimum Gasteiger partial charge on any atom is -0.505 e. The van der Waals surface area contributed by atoms with Gasteiger partial charge in [0.15, 0.2) is 52.2 Å². The van der Waals surface area contributed by atoms with Gasteiger partial charge < -0.3 is 44.7 Å². The number of anilines is 3. The standard InChI is InChI=1S/3C32H27Cl3F2N6O3/c3*1-6-20(44)42-10-9-41(13-16(42)5)29-17-11-19(33)27(21-22(34)30(45)23(35)25(37)24(21)36)40-31(17)43(32(46)18(29)12-38)28-15(4)7-8-39-26(28)14(2)3/h3*6-8,11,14,16,45H,1,9-10,13H2,2-5H3/t3*16-/m111/s1. The molecule has 3 aliphatic rings. The van der Waals surface area contributed by atoms with Crippen LogP contribution in [-0.4, -0.2) is 168 Å². The molecular weight excluding hydrogens is 1980 g/mol. The summed E-state index contributed by atoms with van der Waals surface area (Å²) < 4.78 is 94.3. The molecule has 714 valence electrons. The Labute approximate surface area is 830 Å². The lowest BCUT2D eigenvalue weighted by Crippen LogP contribution is -2.54. The Hall–Kier alpha value is -12.7. The molecule has 12 aromatic rings. The van der Waals surface area contributed by atoms with Crippen molar-refractivity contribution < 1.29 is 56.0 Å². The van der Waals surface area contributed by atoms with Crippen LogP contribution in [0.15, 0.2) is 107 Å². The molecule has 0 aliphatic carbocycles. The average molecular weight is 2060 g/mol. The number of hydrogen-bond acceptors (Lipinski definition) is 21. The van der Waals surface area contributed by atoms with Gasteiger partial charge in [-0.05, 0) is 131 Å². The van der Waals surface area contributed by atoms with Gasteiger partial charge in [0.25, 0.3) is 16.7 Å². The third kappa shape index (κ3) is 18.0. The number of pyridine rings is 9. The number of carbonyl (C=O) groups is 3. The Bertz CT molecular complexity index is 6790. The summed E-state index contributed by atoms with van der Waals surface area (Å²) in [6.07, 6.45) is 8.44. The largest absolute Gasteiger partial charge is 0.505 e. The maximum Gasteiger partial charge on any atom is 0.276 e. The van der Waals surface area contributed by atoms with Crippen LogP contribution in [0.25, 0.3) is 83.9 Å². The maximum atomic E-state index is 15.4. The van der Waals surface area contributed by atoms with Gasteiger partial charge >= 0.3 is 0 Å². The van der Waals surface area contributed by atoms with E-state index in [0.717, 1.165) is 0 Å². The third-order valence-electron chi connectivity index (χ3n) is 24.0. The lowest BCUT2D eigenvalue weighted by Gasteiger charge is -2.41. The molecule has 3 N–H and O–H groups in total. The van der Waals surface area contributed by atoms with Crippen LogP contribution in [0.4, 0.5) is 43.4 Å².